The second kappa shape index (κ2) is 7.24. The molecule has 0 nitrogen and oxygen atoms in total. The minimum absolute atomic E-state index is 0. The van der Waals surface area contributed by atoms with Crippen LogP contribution in [0.5, 0.6) is 0 Å². The van der Waals surface area contributed by atoms with E-state index in [9.17, 15) is 0 Å². The molecule has 66 valence electrons. The molecule has 0 amide bonds. The summed E-state index contributed by atoms with van der Waals surface area (Å²) in [4.78, 5) is 0. The largest absolute Gasteiger partial charge is 0.0843 e. The minimum atomic E-state index is 0. The predicted molar refractivity (Wildman–Crippen MR) is 68.4 cm³/mol. The van der Waals surface area contributed by atoms with Crippen molar-refractivity contribution in [3.8, 4) is 11.1 Å². The topological polar surface area (TPSA) is 0 Å². The van der Waals surface area contributed by atoms with Crippen LogP contribution >= 0.6 is 11.6 Å². The first-order chi connectivity index (χ1) is 6.36. The molecule has 0 N–H and O–H groups in total. The van der Waals surface area contributed by atoms with Gasteiger partial charge in [-0.3, -0.25) is 0 Å². The fourth-order valence-electron chi connectivity index (χ4n) is 1.27. The van der Waals surface area contributed by atoms with E-state index in [0.29, 0.717) is 0 Å². The van der Waals surface area contributed by atoms with E-state index in [0.717, 1.165) is 5.02 Å². The number of benzene rings is 2. The van der Waals surface area contributed by atoms with Gasteiger partial charge in [0.05, 0.1) is 0 Å². The zero-order chi connectivity index (χ0) is 9.10. The van der Waals surface area contributed by atoms with Crippen molar-refractivity contribution in [1.29, 1.82) is 0 Å². The summed E-state index contributed by atoms with van der Waals surface area (Å²) in [6.07, 6.45) is 0. The first kappa shape index (κ1) is 14.9. The summed E-state index contributed by atoms with van der Waals surface area (Å²) < 4.78 is 0. The summed E-state index contributed by atoms with van der Waals surface area (Å²) in [5.41, 5.74) is 2.42. The van der Waals surface area contributed by atoms with Crippen molar-refractivity contribution in [2.75, 3.05) is 0 Å². The van der Waals surface area contributed by atoms with Crippen LogP contribution in [-0.2, 0) is 0 Å². The molecule has 0 aliphatic carbocycles. The van der Waals surface area contributed by atoms with Gasteiger partial charge in [0.25, 0.3) is 0 Å². The molecule has 0 bridgehead atoms. The van der Waals surface area contributed by atoms with Gasteiger partial charge in [-0.15, -0.1) is 0 Å². The van der Waals surface area contributed by atoms with E-state index in [2.05, 4.69) is 12.1 Å². The van der Waals surface area contributed by atoms with Gasteiger partial charge in [0.1, 0.15) is 0 Å². The summed E-state index contributed by atoms with van der Waals surface area (Å²) in [7, 11) is 0. The molecule has 3 heteroatoms. The van der Waals surface area contributed by atoms with Gasteiger partial charge in [-0.1, -0.05) is 54.1 Å². The van der Waals surface area contributed by atoms with Crippen molar-refractivity contribution in [3.63, 3.8) is 0 Å². The Hall–Kier alpha value is -0.0752. The number of halogens is 1. The van der Waals surface area contributed by atoms with Crippen molar-refractivity contribution in [3.05, 3.63) is 59.6 Å². The molecule has 0 unspecified atom stereocenters. The van der Waals surface area contributed by atoms with Gasteiger partial charge in [-0.2, -0.15) is 0 Å². The van der Waals surface area contributed by atoms with Crippen LogP contribution in [0.15, 0.2) is 54.6 Å². The Bertz CT molecular complexity index is 384. The van der Waals surface area contributed by atoms with Crippen LogP contribution in [0.3, 0.4) is 0 Å². The summed E-state index contributed by atoms with van der Waals surface area (Å²) >= 11 is 5.80. The second-order valence-corrected chi connectivity index (χ2v) is 3.31. The third-order valence-corrected chi connectivity index (χ3v) is 2.20. The van der Waals surface area contributed by atoms with Gasteiger partial charge in [-0.05, 0) is 23.3 Å². The molecule has 15 heavy (non-hydrogen) atoms. The third-order valence-electron chi connectivity index (χ3n) is 1.95. The van der Waals surface area contributed by atoms with E-state index in [1.54, 1.807) is 0 Å². The maximum Gasteiger partial charge on any atom is 0.0406 e. The Balaban J connectivity index is 0.000000980. The third kappa shape index (κ3) is 4.12. The molecule has 0 saturated heterocycles. The van der Waals surface area contributed by atoms with E-state index in [1.165, 1.54) is 11.1 Å². The molecule has 2 aromatic carbocycles. The van der Waals surface area contributed by atoms with Gasteiger partial charge in [0, 0.05) is 42.7 Å². The average molecular weight is 203 g/mol. The van der Waals surface area contributed by atoms with Gasteiger partial charge in [0.2, 0.25) is 0 Å². The Kier molecular flexibility index (Phi) is 7.20. The van der Waals surface area contributed by atoms with Crippen LogP contribution in [0.4, 0.5) is 0 Å². The molecule has 0 atom stereocenters. The number of hydrogen-bond donors (Lipinski definition) is 0. The molecule has 0 fully saturated rings. The molecule has 0 spiro atoms. The van der Waals surface area contributed by atoms with Crippen LogP contribution < -0.4 is 0 Å². The first-order valence-electron chi connectivity index (χ1n) is 4.17. The van der Waals surface area contributed by atoms with Crippen molar-refractivity contribution in [1.82, 2.24) is 0 Å². The molecule has 2 aromatic rings. The predicted octanol–water partition coefficient (Wildman–Crippen LogP) is 3.25. The molecular weight excluding hydrogens is 193 g/mol. The van der Waals surface area contributed by atoms with Crippen molar-refractivity contribution in [2.24, 2.45) is 0 Å². The monoisotopic (exact) mass is 202 g/mol. The fraction of sp³-hybridized carbons (Fsp3) is 0. The molecule has 0 aliphatic rings. The van der Waals surface area contributed by atoms with E-state index in [-0.39, 0.29) is 37.7 Å². The van der Waals surface area contributed by atoms with E-state index in [4.69, 9.17) is 11.6 Å². The molecule has 0 aliphatic heterocycles. The standard InChI is InChI=1S/C12H9Cl.2Li/c13-12-8-6-11(7-9-12)10-4-2-1-3-5-10;;/h1-9H;;. The van der Waals surface area contributed by atoms with E-state index in [1.807, 2.05) is 42.5 Å². The molecule has 0 aromatic heterocycles. The maximum absolute atomic E-state index is 5.80. The Morgan fingerprint density at radius 1 is 0.600 bits per heavy atom. The summed E-state index contributed by atoms with van der Waals surface area (Å²) in [6.45, 7) is 0. The Labute approximate surface area is 119 Å². The number of rotatable bonds is 1. The van der Waals surface area contributed by atoms with Gasteiger partial charge in [0.15, 0.2) is 0 Å². The van der Waals surface area contributed by atoms with E-state index >= 15 is 0 Å². The molecule has 2 rings (SSSR count). The summed E-state index contributed by atoms with van der Waals surface area (Å²) in [5, 5.41) is 0.777. The fourth-order valence-corrected chi connectivity index (χ4v) is 1.40. The first-order valence-corrected chi connectivity index (χ1v) is 4.55. The molecule has 0 saturated carbocycles. The molecule has 0 heterocycles. The van der Waals surface area contributed by atoms with Crippen LogP contribution in [0, 0.1) is 0 Å². The van der Waals surface area contributed by atoms with Crippen molar-refractivity contribution >= 4 is 49.3 Å². The zero-order valence-electron chi connectivity index (χ0n) is 9.07. The van der Waals surface area contributed by atoms with Crippen LogP contribution in [-0.4, -0.2) is 37.7 Å². The summed E-state index contributed by atoms with van der Waals surface area (Å²) in [6, 6.07) is 18.1. The summed E-state index contributed by atoms with van der Waals surface area (Å²) in [5.74, 6) is 0. The molecular formula is C12H9ClLi2. The minimum Gasteiger partial charge on any atom is -0.0843 e. The maximum atomic E-state index is 5.80. The normalized spacial score (nSPS) is 8.60. The zero-order valence-corrected chi connectivity index (χ0v) is 9.83. The van der Waals surface area contributed by atoms with Crippen LogP contribution in [0.25, 0.3) is 11.1 Å². The quantitative estimate of drug-likeness (QED) is 0.623. The second-order valence-electron chi connectivity index (χ2n) is 2.87. The van der Waals surface area contributed by atoms with Gasteiger partial charge < -0.3 is 0 Å². The Morgan fingerprint density at radius 3 is 1.60 bits per heavy atom. The van der Waals surface area contributed by atoms with Crippen molar-refractivity contribution < 1.29 is 0 Å². The Morgan fingerprint density at radius 2 is 1.07 bits per heavy atom. The van der Waals surface area contributed by atoms with E-state index < -0.39 is 0 Å². The van der Waals surface area contributed by atoms with Gasteiger partial charge >= 0.3 is 0 Å². The SMILES string of the molecule is Clc1ccc(-c2ccccc2)cc1.[Li].[Li]. The van der Waals surface area contributed by atoms with Gasteiger partial charge in [-0.25, -0.2) is 0 Å². The average Bonchev–Trinajstić information content (AvgIpc) is 2.20. The van der Waals surface area contributed by atoms with Crippen LogP contribution in [0.1, 0.15) is 0 Å². The molecule has 2 radical (unpaired) electrons. The smallest absolute Gasteiger partial charge is 0.0406 e. The van der Waals surface area contributed by atoms with Crippen molar-refractivity contribution in [2.45, 2.75) is 0 Å². The van der Waals surface area contributed by atoms with Crippen LogP contribution in [0.2, 0.25) is 5.02 Å². The number of hydrogen-bond acceptors (Lipinski definition) is 0.